The van der Waals surface area contributed by atoms with Crippen molar-refractivity contribution in [3.8, 4) is 0 Å². The monoisotopic (exact) mass is 294 g/mol. The molecular formula is C11H22N2O5S. The van der Waals surface area contributed by atoms with Crippen molar-refractivity contribution in [3.63, 3.8) is 0 Å². The molecule has 1 heterocycles. The summed E-state index contributed by atoms with van der Waals surface area (Å²) in [7, 11) is -2.12. The Morgan fingerprint density at radius 2 is 2.00 bits per heavy atom. The second kappa shape index (κ2) is 7.18. The van der Waals surface area contributed by atoms with Gasteiger partial charge in [-0.05, 0) is 19.9 Å². The number of rotatable bonds is 6. The lowest BCUT2D eigenvalue weighted by Crippen LogP contribution is -2.43. The van der Waals surface area contributed by atoms with Crippen LogP contribution in [0.2, 0.25) is 0 Å². The molecule has 0 saturated carbocycles. The van der Waals surface area contributed by atoms with Crippen LogP contribution < -0.4 is 0 Å². The Hall–Kier alpha value is -0.700. The number of nitrogens with zero attached hydrogens (tertiary/aromatic N) is 2. The Morgan fingerprint density at radius 1 is 1.32 bits per heavy atom. The third-order valence-electron chi connectivity index (χ3n) is 3.31. The quantitative estimate of drug-likeness (QED) is 0.707. The molecule has 112 valence electrons. The number of carboxylic acids is 1. The van der Waals surface area contributed by atoms with E-state index in [4.69, 9.17) is 9.84 Å². The Morgan fingerprint density at radius 3 is 2.58 bits per heavy atom. The highest BCUT2D eigenvalue weighted by molar-refractivity contribution is 7.90. The number of hydrogen-bond donors (Lipinski definition) is 1. The van der Waals surface area contributed by atoms with Crippen LogP contribution in [0.5, 0.6) is 0 Å². The van der Waals surface area contributed by atoms with Gasteiger partial charge in [-0.3, -0.25) is 9.69 Å². The van der Waals surface area contributed by atoms with Gasteiger partial charge < -0.3 is 9.84 Å². The first-order valence-electron chi connectivity index (χ1n) is 6.32. The SMILES string of the molecule is COCCN1CCCN(S(=O)(=O)C(C)C(=O)O)CC1. The average molecular weight is 294 g/mol. The van der Waals surface area contributed by atoms with E-state index in [9.17, 15) is 13.2 Å². The van der Waals surface area contributed by atoms with Gasteiger partial charge >= 0.3 is 5.97 Å². The topological polar surface area (TPSA) is 87.2 Å². The zero-order chi connectivity index (χ0) is 14.5. The molecule has 1 rings (SSSR count). The van der Waals surface area contributed by atoms with Crippen molar-refractivity contribution in [1.29, 1.82) is 0 Å². The van der Waals surface area contributed by atoms with Crippen molar-refractivity contribution in [2.75, 3.05) is 46.4 Å². The maximum Gasteiger partial charge on any atom is 0.323 e. The number of hydrogen-bond acceptors (Lipinski definition) is 5. The maximum atomic E-state index is 12.1. The summed E-state index contributed by atoms with van der Waals surface area (Å²) in [6, 6.07) is 0. The summed E-state index contributed by atoms with van der Waals surface area (Å²) in [6.45, 7) is 4.71. The molecule has 1 unspecified atom stereocenters. The zero-order valence-electron chi connectivity index (χ0n) is 11.4. The minimum Gasteiger partial charge on any atom is -0.480 e. The van der Waals surface area contributed by atoms with Crippen LogP contribution in [0.4, 0.5) is 0 Å². The Balaban J connectivity index is 2.64. The van der Waals surface area contributed by atoms with Gasteiger partial charge in [-0.25, -0.2) is 8.42 Å². The molecule has 1 saturated heterocycles. The van der Waals surface area contributed by atoms with Gasteiger partial charge in [0.1, 0.15) is 0 Å². The highest BCUT2D eigenvalue weighted by Gasteiger charge is 2.34. The fourth-order valence-corrected chi connectivity index (χ4v) is 3.42. The highest BCUT2D eigenvalue weighted by Crippen LogP contribution is 2.13. The van der Waals surface area contributed by atoms with Crippen LogP contribution in [0, 0.1) is 0 Å². The molecule has 0 amide bonds. The van der Waals surface area contributed by atoms with E-state index in [2.05, 4.69) is 4.90 Å². The van der Waals surface area contributed by atoms with Gasteiger partial charge in [0.15, 0.2) is 5.25 Å². The van der Waals surface area contributed by atoms with E-state index in [-0.39, 0.29) is 0 Å². The van der Waals surface area contributed by atoms with E-state index in [0.717, 1.165) is 13.1 Å². The van der Waals surface area contributed by atoms with E-state index in [0.29, 0.717) is 32.7 Å². The van der Waals surface area contributed by atoms with Crippen LogP contribution in [-0.2, 0) is 19.6 Å². The minimum atomic E-state index is -3.75. The lowest BCUT2D eigenvalue weighted by atomic mass is 10.4. The van der Waals surface area contributed by atoms with Crippen LogP contribution >= 0.6 is 0 Å². The molecule has 1 atom stereocenters. The lowest BCUT2D eigenvalue weighted by Gasteiger charge is -2.23. The van der Waals surface area contributed by atoms with Crippen molar-refractivity contribution >= 4 is 16.0 Å². The van der Waals surface area contributed by atoms with Crippen molar-refractivity contribution in [2.24, 2.45) is 0 Å². The summed E-state index contributed by atoms with van der Waals surface area (Å²) < 4.78 is 30.5. The number of ether oxygens (including phenoxy) is 1. The van der Waals surface area contributed by atoms with E-state index >= 15 is 0 Å². The Bertz CT molecular complexity index is 398. The normalized spacial score (nSPS) is 20.9. The summed E-state index contributed by atoms with van der Waals surface area (Å²) >= 11 is 0. The number of carboxylic acid groups (broad SMARTS) is 1. The van der Waals surface area contributed by atoms with Gasteiger partial charge in [0.2, 0.25) is 10.0 Å². The van der Waals surface area contributed by atoms with Crippen LogP contribution in [0.3, 0.4) is 0 Å². The molecular weight excluding hydrogens is 272 g/mol. The molecule has 1 fully saturated rings. The second-order valence-electron chi connectivity index (χ2n) is 4.61. The van der Waals surface area contributed by atoms with Gasteiger partial charge in [0, 0.05) is 33.3 Å². The molecule has 0 aliphatic carbocycles. The molecule has 8 heteroatoms. The first-order chi connectivity index (χ1) is 8.89. The van der Waals surface area contributed by atoms with Gasteiger partial charge in [-0.15, -0.1) is 0 Å². The second-order valence-corrected chi connectivity index (χ2v) is 6.87. The number of aliphatic carboxylic acids is 1. The van der Waals surface area contributed by atoms with E-state index in [1.54, 1.807) is 7.11 Å². The number of carbonyl (C=O) groups is 1. The molecule has 0 radical (unpaired) electrons. The van der Waals surface area contributed by atoms with Crippen molar-refractivity contribution in [1.82, 2.24) is 9.21 Å². The molecule has 0 spiro atoms. The molecule has 0 aromatic rings. The number of methoxy groups -OCH3 is 1. The first-order valence-corrected chi connectivity index (χ1v) is 7.83. The third kappa shape index (κ3) is 4.41. The van der Waals surface area contributed by atoms with Crippen LogP contribution in [0.25, 0.3) is 0 Å². The fraction of sp³-hybridized carbons (Fsp3) is 0.909. The van der Waals surface area contributed by atoms with Gasteiger partial charge in [0.05, 0.1) is 6.61 Å². The standard InChI is InChI=1S/C11H22N2O5S/c1-10(11(14)15)19(16,17)13-5-3-4-12(6-7-13)8-9-18-2/h10H,3-9H2,1-2H3,(H,14,15). The number of sulfonamides is 1. The summed E-state index contributed by atoms with van der Waals surface area (Å²) in [4.78, 5) is 13.0. The molecule has 0 aromatic heterocycles. The Labute approximate surface area is 114 Å². The largest absolute Gasteiger partial charge is 0.480 e. The van der Waals surface area contributed by atoms with Gasteiger partial charge in [-0.1, -0.05) is 0 Å². The summed E-state index contributed by atoms with van der Waals surface area (Å²) in [6.07, 6.45) is 0.704. The summed E-state index contributed by atoms with van der Waals surface area (Å²) in [5.74, 6) is -1.31. The minimum absolute atomic E-state index is 0.337. The lowest BCUT2D eigenvalue weighted by molar-refractivity contribution is -0.136. The van der Waals surface area contributed by atoms with Crippen LogP contribution in [0.15, 0.2) is 0 Å². The van der Waals surface area contributed by atoms with E-state index in [1.165, 1.54) is 11.2 Å². The molecule has 1 aliphatic rings. The molecule has 7 nitrogen and oxygen atoms in total. The third-order valence-corrected chi connectivity index (χ3v) is 5.49. The van der Waals surface area contributed by atoms with Crippen molar-refractivity contribution < 1.29 is 23.1 Å². The summed E-state index contributed by atoms with van der Waals surface area (Å²) in [5, 5.41) is 7.46. The highest BCUT2D eigenvalue weighted by atomic mass is 32.2. The molecule has 0 bridgehead atoms. The predicted molar refractivity (Wildman–Crippen MR) is 70.5 cm³/mol. The van der Waals surface area contributed by atoms with Crippen molar-refractivity contribution in [2.45, 2.75) is 18.6 Å². The van der Waals surface area contributed by atoms with Gasteiger partial charge in [-0.2, -0.15) is 4.31 Å². The Kier molecular flexibility index (Phi) is 6.18. The zero-order valence-corrected chi connectivity index (χ0v) is 12.2. The predicted octanol–water partition coefficient (Wildman–Crippen LogP) is -0.557. The smallest absolute Gasteiger partial charge is 0.323 e. The van der Waals surface area contributed by atoms with Crippen LogP contribution in [-0.4, -0.2) is 80.4 Å². The average Bonchev–Trinajstić information content (AvgIpc) is 2.61. The molecule has 19 heavy (non-hydrogen) atoms. The van der Waals surface area contributed by atoms with Crippen LogP contribution in [0.1, 0.15) is 13.3 Å². The molecule has 0 aromatic carbocycles. The molecule has 1 N–H and O–H groups in total. The summed E-state index contributed by atoms with van der Waals surface area (Å²) in [5.41, 5.74) is 0. The van der Waals surface area contributed by atoms with Crippen molar-refractivity contribution in [3.05, 3.63) is 0 Å². The van der Waals surface area contributed by atoms with E-state index < -0.39 is 21.2 Å². The molecule has 1 aliphatic heterocycles. The first kappa shape index (κ1) is 16.4. The van der Waals surface area contributed by atoms with E-state index in [1.807, 2.05) is 0 Å². The maximum absolute atomic E-state index is 12.1. The van der Waals surface area contributed by atoms with Gasteiger partial charge in [0.25, 0.3) is 0 Å². The fourth-order valence-electron chi connectivity index (χ4n) is 2.00.